The Bertz CT molecular complexity index is 1060. The zero-order valence-corrected chi connectivity index (χ0v) is 16.8. The number of hydrogen-bond acceptors (Lipinski definition) is 6. The lowest BCUT2D eigenvalue weighted by molar-refractivity contribution is 0.281. The van der Waals surface area contributed by atoms with Crippen LogP contribution >= 0.6 is 0 Å². The van der Waals surface area contributed by atoms with Crippen molar-refractivity contribution in [2.45, 2.75) is 31.2 Å². The minimum absolute atomic E-state index is 0.154. The van der Waals surface area contributed by atoms with Crippen LogP contribution in [0.3, 0.4) is 0 Å². The van der Waals surface area contributed by atoms with E-state index in [1.54, 1.807) is 0 Å². The molecule has 30 heavy (non-hydrogen) atoms. The maximum absolute atomic E-state index is 9.19. The van der Waals surface area contributed by atoms with Gasteiger partial charge in [-0.25, -0.2) is 0 Å². The average Bonchev–Trinajstić information content (AvgIpc) is 3.69. The van der Waals surface area contributed by atoms with Gasteiger partial charge in [0.1, 0.15) is 5.75 Å². The summed E-state index contributed by atoms with van der Waals surface area (Å²) in [7, 11) is 0. The number of aromatic nitrogens is 2. The van der Waals surface area contributed by atoms with Crippen LogP contribution in [-0.2, 0) is 0 Å². The van der Waals surface area contributed by atoms with Gasteiger partial charge in [0.25, 0.3) is 5.89 Å². The van der Waals surface area contributed by atoms with Gasteiger partial charge in [-0.3, -0.25) is 0 Å². The number of nitrogens with one attached hydrogen (secondary N) is 1. The number of rotatable bonds is 8. The van der Waals surface area contributed by atoms with Crippen LogP contribution in [0.4, 0.5) is 0 Å². The molecule has 0 aliphatic heterocycles. The number of aliphatic hydroxyl groups is 1. The second kappa shape index (κ2) is 7.22. The van der Waals surface area contributed by atoms with Crippen LogP contribution in [0.5, 0.6) is 5.75 Å². The monoisotopic (exact) mass is 403 g/mol. The van der Waals surface area contributed by atoms with E-state index < -0.39 is 0 Å². The molecule has 3 aliphatic carbocycles. The van der Waals surface area contributed by atoms with Crippen molar-refractivity contribution in [2.75, 3.05) is 19.8 Å². The molecule has 0 radical (unpaired) electrons. The first-order valence-electron chi connectivity index (χ1n) is 10.9. The summed E-state index contributed by atoms with van der Waals surface area (Å²) in [5.74, 6) is 3.95. The van der Waals surface area contributed by atoms with Crippen molar-refractivity contribution in [3.8, 4) is 28.6 Å². The van der Waals surface area contributed by atoms with E-state index in [2.05, 4.69) is 28.7 Å². The summed E-state index contributed by atoms with van der Waals surface area (Å²) in [6, 6.07) is 14.5. The molecule has 6 heteroatoms. The lowest BCUT2D eigenvalue weighted by Crippen LogP contribution is -2.24. The number of aliphatic hydroxyl groups excluding tert-OH is 1. The number of hydrogen-bond donors (Lipinski definition) is 2. The topological polar surface area (TPSA) is 80.4 Å². The summed E-state index contributed by atoms with van der Waals surface area (Å²) in [4.78, 5) is 4.70. The summed E-state index contributed by atoms with van der Waals surface area (Å²) in [6.07, 6.45) is 3.75. The quantitative estimate of drug-likeness (QED) is 0.593. The van der Waals surface area contributed by atoms with Gasteiger partial charge in [-0.05, 0) is 72.4 Å². The highest BCUT2D eigenvalue weighted by Gasteiger charge is 2.52. The van der Waals surface area contributed by atoms with Gasteiger partial charge in [-0.2, -0.15) is 4.98 Å². The zero-order valence-electron chi connectivity index (χ0n) is 16.8. The van der Waals surface area contributed by atoms with Gasteiger partial charge in [0, 0.05) is 23.7 Å². The number of fused-ring (bicyclic) bond motifs is 3. The molecule has 0 amide bonds. The largest absolute Gasteiger partial charge is 0.493 e. The third-order valence-corrected chi connectivity index (χ3v) is 6.54. The summed E-state index contributed by atoms with van der Waals surface area (Å²) in [6.45, 7) is 1.57. The van der Waals surface area contributed by atoms with Crippen molar-refractivity contribution in [1.29, 1.82) is 0 Å². The van der Waals surface area contributed by atoms with Gasteiger partial charge >= 0.3 is 0 Å². The fraction of sp³-hybridized carbons (Fsp3) is 0.417. The Morgan fingerprint density at radius 3 is 2.80 bits per heavy atom. The smallest absolute Gasteiger partial charge is 0.258 e. The Morgan fingerprint density at radius 1 is 1.13 bits per heavy atom. The molecule has 6 rings (SSSR count). The fourth-order valence-corrected chi connectivity index (χ4v) is 4.73. The molecular formula is C24H25N3O3. The predicted molar refractivity (Wildman–Crippen MR) is 112 cm³/mol. The van der Waals surface area contributed by atoms with Crippen LogP contribution in [0.15, 0.2) is 47.0 Å². The molecule has 3 atom stereocenters. The van der Waals surface area contributed by atoms with E-state index in [0.717, 1.165) is 29.4 Å². The summed E-state index contributed by atoms with van der Waals surface area (Å²) in [5, 5.41) is 17.0. The molecule has 0 bridgehead atoms. The Balaban J connectivity index is 1.25. The minimum Gasteiger partial charge on any atom is -0.493 e. The van der Waals surface area contributed by atoms with E-state index >= 15 is 0 Å². The molecule has 2 fully saturated rings. The molecule has 6 nitrogen and oxygen atoms in total. The Hall–Kier alpha value is -2.70. The first-order valence-corrected chi connectivity index (χ1v) is 10.9. The van der Waals surface area contributed by atoms with Crippen molar-refractivity contribution < 1.29 is 14.4 Å². The van der Waals surface area contributed by atoms with E-state index in [1.807, 2.05) is 24.3 Å². The van der Waals surface area contributed by atoms with Crippen LogP contribution in [0.1, 0.15) is 42.3 Å². The van der Waals surface area contributed by atoms with E-state index in [-0.39, 0.29) is 6.61 Å². The molecular weight excluding hydrogens is 378 g/mol. The lowest BCUT2D eigenvalue weighted by Gasteiger charge is -2.17. The lowest BCUT2D eigenvalue weighted by atomic mass is 9.97. The molecule has 2 N–H and O–H groups in total. The molecule has 1 heterocycles. The average molecular weight is 403 g/mol. The molecule has 1 aromatic heterocycles. The Labute approximate surface area is 175 Å². The zero-order chi connectivity index (χ0) is 20.1. The Kier molecular flexibility index (Phi) is 4.35. The van der Waals surface area contributed by atoms with Crippen LogP contribution in [0.25, 0.3) is 22.8 Å². The first kappa shape index (κ1) is 18.1. The molecule has 0 saturated heterocycles. The highest BCUT2D eigenvalue weighted by atomic mass is 16.5. The van der Waals surface area contributed by atoms with Crippen LogP contribution in [0, 0.1) is 11.8 Å². The fourth-order valence-electron chi connectivity index (χ4n) is 4.73. The van der Waals surface area contributed by atoms with Gasteiger partial charge in [-0.15, -0.1) is 0 Å². The van der Waals surface area contributed by atoms with Crippen LogP contribution in [-0.4, -0.2) is 35.0 Å². The van der Waals surface area contributed by atoms with Crippen molar-refractivity contribution in [3.05, 3.63) is 53.6 Å². The van der Waals surface area contributed by atoms with E-state index in [9.17, 15) is 5.11 Å². The SMILES string of the molecule is OCCNC1c2cccc(-c3noc(-c4ccc(OCC5CC5)cc4)n3)c2C2CC21. The normalized spacial score (nSPS) is 23.8. The van der Waals surface area contributed by atoms with Gasteiger partial charge in [-0.1, -0.05) is 23.4 Å². The minimum atomic E-state index is 0.154. The standard InChI is InChI=1S/C24H25N3O3/c28-11-10-25-22-17-2-1-3-18(21(17)19-12-20(19)22)23-26-24(30-27-23)15-6-8-16(9-7-15)29-13-14-4-5-14/h1-3,6-9,14,19-20,22,25,28H,4-5,10-13H2. The van der Waals surface area contributed by atoms with Gasteiger partial charge < -0.3 is 19.7 Å². The van der Waals surface area contributed by atoms with Gasteiger partial charge in [0.2, 0.25) is 5.82 Å². The second-order valence-electron chi connectivity index (χ2n) is 8.67. The van der Waals surface area contributed by atoms with Crippen molar-refractivity contribution in [2.24, 2.45) is 11.8 Å². The molecule has 154 valence electrons. The number of ether oxygens (including phenoxy) is 1. The number of nitrogens with zero attached hydrogens (tertiary/aromatic N) is 2. The predicted octanol–water partition coefficient (Wildman–Crippen LogP) is 3.93. The first-order chi connectivity index (χ1) is 14.8. The van der Waals surface area contributed by atoms with E-state index in [4.69, 9.17) is 14.2 Å². The highest BCUT2D eigenvalue weighted by molar-refractivity contribution is 5.69. The number of benzene rings is 2. The summed E-state index contributed by atoms with van der Waals surface area (Å²) >= 11 is 0. The third-order valence-electron chi connectivity index (χ3n) is 6.54. The summed E-state index contributed by atoms with van der Waals surface area (Å²) < 4.78 is 11.4. The maximum atomic E-state index is 9.19. The molecule has 3 unspecified atom stereocenters. The molecule has 2 saturated carbocycles. The Morgan fingerprint density at radius 2 is 2.00 bits per heavy atom. The van der Waals surface area contributed by atoms with E-state index in [0.29, 0.717) is 36.1 Å². The van der Waals surface area contributed by atoms with Crippen molar-refractivity contribution in [1.82, 2.24) is 15.5 Å². The van der Waals surface area contributed by atoms with Crippen LogP contribution in [0.2, 0.25) is 0 Å². The maximum Gasteiger partial charge on any atom is 0.258 e. The van der Waals surface area contributed by atoms with Gasteiger partial charge in [0.15, 0.2) is 0 Å². The van der Waals surface area contributed by atoms with Gasteiger partial charge in [0.05, 0.1) is 13.2 Å². The third kappa shape index (κ3) is 3.20. The van der Waals surface area contributed by atoms with Crippen LogP contribution < -0.4 is 10.1 Å². The molecule has 3 aliphatic rings. The van der Waals surface area contributed by atoms with E-state index in [1.165, 1.54) is 30.4 Å². The summed E-state index contributed by atoms with van der Waals surface area (Å²) in [5.41, 5.74) is 4.61. The van der Waals surface area contributed by atoms with Crippen molar-refractivity contribution in [3.63, 3.8) is 0 Å². The molecule has 0 spiro atoms. The second-order valence-corrected chi connectivity index (χ2v) is 8.67. The highest BCUT2D eigenvalue weighted by Crippen LogP contribution is 2.63. The molecule has 2 aromatic carbocycles. The molecule has 3 aromatic rings. The van der Waals surface area contributed by atoms with Crippen molar-refractivity contribution >= 4 is 0 Å².